The molecule has 2 aromatic rings. The highest BCUT2D eigenvalue weighted by Crippen LogP contribution is 2.29. The lowest BCUT2D eigenvalue weighted by atomic mass is 9.88. The summed E-state index contributed by atoms with van der Waals surface area (Å²) < 4.78 is 0. The molecule has 1 fully saturated rings. The molecule has 3 nitrogen and oxygen atoms in total. The fourth-order valence-electron chi connectivity index (χ4n) is 3.35. The molecule has 1 saturated heterocycles. The van der Waals surface area contributed by atoms with Crippen molar-refractivity contribution < 1.29 is 4.79 Å². The van der Waals surface area contributed by atoms with Crippen LogP contribution in [0.15, 0.2) is 60.7 Å². The minimum Gasteiger partial charge on any atom is -0.342 e. The Labute approximate surface area is 138 Å². The molecule has 0 aliphatic carbocycles. The van der Waals surface area contributed by atoms with Crippen LogP contribution in [0.1, 0.15) is 29.9 Å². The summed E-state index contributed by atoms with van der Waals surface area (Å²) in [5.74, 6) is 0.811. The summed E-state index contributed by atoms with van der Waals surface area (Å²) in [6.45, 7) is 2.33. The van der Waals surface area contributed by atoms with Crippen molar-refractivity contribution in [3.63, 3.8) is 0 Å². The first-order valence-electron chi connectivity index (χ1n) is 8.35. The molecule has 1 aliphatic heterocycles. The van der Waals surface area contributed by atoms with Crippen LogP contribution in [0.4, 0.5) is 0 Å². The van der Waals surface area contributed by atoms with Crippen LogP contribution >= 0.6 is 0 Å². The molecule has 0 bridgehead atoms. The second-order valence-electron chi connectivity index (χ2n) is 6.31. The van der Waals surface area contributed by atoms with Gasteiger partial charge in [0, 0.05) is 25.4 Å². The summed E-state index contributed by atoms with van der Waals surface area (Å²) in [5, 5.41) is 0. The molecular weight excluding hydrogens is 284 g/mol. The van der Waals surface area contributed by atoms with E-state index < -0.39 is 0 Å². The van der Waals surface area contributed by atoms with E-state index in [4.69, 9.17) is 5.73 Å². The first-order chi connectivity index (χ1) is 11.3. The van der Waals surface area contributed by atoms with Gasteiger partial charge in [0.1, 0.15) is 0 Å². The standard InChI is InChI=1S/C20H24N2O/c21-14-16-11-12-22(15-16)20(23)13-19(17-7-3-1-4-8-17)18-9-5-2-6-10-18/h1-10,16,19H,11-15,21H2. The number of amides is 1. The number of hydrogen-bond donors (Lipinski definition) is 1. The van der Waals surface area contributed by atoms with Crippen LogP contribution in [-0.2, 0) is 4.79 Å². The molecule has 2 N–H and O–H groups in total. The topological polar surface area (TPSA) is 46.3 Å². The smallest absolute Gasteiger partial charge is 0.223 e. The molecule has 0 aromatic heterocycles. The number of nitrogens with two attached hydrogens (primary N) is 1. The van der Waals surface area contributed by atoms with Crippen molar-refractivity contribution in [1.29, 1.82) is 0 Å². The van der Waals surface area contributed by atoms with Gasteiger partial charge in [0.05, 0.1) is 0 Å². The van der Waals surface area contributed by atoms with E-state index in [-0.39, 0.29) is 11.8 Å². The molecule has 120 valence electrons. The van der Waals surface area contributed by atoms with E-state index in [2.05, 4.69) is 24.3 Å². The van der Waals surface area contributed by atoms with Crippen molar-refractivity contribution in [2.75, 3.05) is 19.6 Å². The highest BCUT2D eigenvalue weighted by molar-refractivity contribution is 5.78. The van der Waals surface area contributed by atoms with Gasteiger partial charge in [0.25, 0.3) is 0 Å². The van der Waals surface area contributed by atoms with Gasteiger partial charge in [-0.15, -0.1) is 0 Å². The largest absolute Gasteiger partial charge is 0.342 e. The number of rotatable bonds is 5. The Morgan fingerprint density at radius 2 is 1.61 bits per heavy atom. The Hall–Kier alpha value is -2.13. The number of benzene rings is 2. The van der Waals surface area contributed by atoms with Gasteiger partial charge < -0.3 is 10.6 Å². The molecule has 1 unspecified atom stereocenters. The third kappa shape index (κ3) is 3.80. The Morgan fingerprint density at radius 3 is 2.09 bits per heavy atom. The number of carbonyl (C=O) groups excluding carboxylic acids is 1. The predicted octanol–water partition coefficient (Wildman–Crippen LogP) is 3.02. The molecular formula is C20H24N2O. The number of nitrogens with zero attached hydrogens (tertiary/aromatic N) is 1. The first-order valence-corrected chi connectivity index (χ1v) is 8.35. The van der Waals surface area contributed by atoms with E-state index >= 15 is 0 Å². The summed E-state index contributed by atoms with van der Waals surface area (Å²) in [6.07, 6.45) is 1.55. The van der Waals surface area contributed by atoms with Gasteiger partial charge in [-0.05, 0) is 30.0 Å². The number of carbonyl (C=O) groups is 1. The number of likely N-dealkylation sites (tertiary alicyclic amines) is 1. The van der Waals surface area contributed by atoms with Crippen LogP contribution < -0.4 is 5.73 Å². The summed E-state index contributed by atoms with van der Waals surface area (Å²) in [6, 6.07) is 20.6. The minimum atomic E-state index is 0.113. The monoisotopic (exact) mass is 308 g/mol. The maximum atomic E-state index is 12.7. The van der Waals surface area contributed by atoms with Crippen molar-refractivity contribution in [2.24, 2.45) is 11.7 Å². The van der Waals surface area contributed by atoms with Gasteiger partial charge in [-0.25, -0.2) is 0 Å². The summed E-state index contributed by atoms with van der Waals surface area (Å²) >= 11 is 0. The SMILES string of the molecule is NCC1CCN(C(=O)CC(c2ccccc2)c2ccccc2)C1. The molecule has 3 rings (SSSR count). The first kappa shape index (κ1) is 15.8. The minimum absolute atomic E-state index is 0.113. The third-order valence-corrected chi connectivity index (χ3v) is 4.75. The van der Waals surface area contributed by atoms with Crippen molar-refractivity contribution in [3.8, 4) is 0 Å². The highest BCUT2D eigenvalue weighted by atomic mass is 16.2. The Balaban J connectivity index is 1.78. The van der Waals surface area contributed by atoms with E-state index in [1.54, 1.807) is 0 Å². The Bertz CT molecular complexity index is 587. The molecule has 23 heavy (non-hydrogen) atoms. The van der Waals surface area contributed by atoms with Gasteiger partial charge in [0.15, 0.2) is 0 Å². The lowest BCUT2D eigenvalue weighted by molar-refractivity contribution is -0.130. The molecule has 3 heteroatoms. The van der Waals surface area contributed by atoms with Gasteiger partial charge in [-0.3, -0.25) is 4.79 Å². The van der Waals surface area contributed by atoms with Gasteiger partial charge in [0.2, 0.25) is 5.91 Å². The Morgan fingerprint density at radius 1 is 1.04 bits per heavy atom. The van der Waals surface area contributed by atoms with Crippen LogP contribution in [0.3, 0.4) is 0 Å². The zero-order chi connectivity index (χ0) is 16.1. The average Bonchev–Trinajstić information content (AvgIpc) is 3.10. The zero-order valence-electron chi connectivity index (χ0n) is 13.4. The highest BCUT2D eigenvalue weighted by Gasteiger charge is 2.27. The van der Waals surface area contributed by atoms with Crippen molar-refractivity contribution in [1.82, 2.24) is 4.90 Å². The van der Waals surface area contributed by atoms with E-state index in [0.717, 1.165) is 19.5 Å². The summed E-state index contributed by atoms with van der Waals surface area (Å²) in [5.41, 5.74) is 8.13. The molecule has 1 amide bonds. The number of hydrogen-bond acceptors (Lipinski definition) is 2. The van der Waals surface area contributed by atoms with Gasteiger partial charge in [-0.1, -0.05) is 60.7 Å². The second kappa shape index (κ2) is 7.42. The lowest BCUT2D eigenvalue weighted by Gasteiger charge is -2.22. The fraction of sp³-hybridized carbons (Fsp3) is 0.350. The molecule has 1 aliphatic rings. The summed E-state index contributed by atoms with van der Waals surface area (Å²) in [4.78, 5) is 14.7. The van der Waals surface area contributed by atoms with Crippen molar-refractivity contribution >= 4 is 5.91 Å². The van der Waals surface area contributed by atoms with E-state index in [1.165, 1.54) is 11.1 Å². The summed E-state index contributed by atoms with van der Waals surface area (Å²) in [7, 11) is 0. The van der Waals surface area contributed by atoms with Gasteiger partial charge in [-0.2, -0.15) is 0 Å². The second-order valence-corrected chi connectivity index (χ2v) is 6.31. The van der Waals surface area contributed by atoms with Crippen LogP contribution in [0.2, 0.25) is 0 Å². The van der Waals surface area contributed by atoms with Crippen LogP contribution in [0.25, 0.3) is 0 Å². The average molecular weight is 308 g/mol. The van der Waals surface area contributed by atoms with Crippen LogP contribution in [-0.4, -0.2) is 30.4 Å². The molecule has 1 heterocycles. The molecule has 0 spiro atoms. The van der Waals surface area contributed by atoms with Crippen LogP contribution in [0, 0.1) is 5.92 Å². The predicted molar refractivity (Wildman–Crippen MR) is 93.1 cm³/mol. The third-order valence-electron chi connectivity index (χ3n) is 4.75. The van der Waals surface area contributed by atoms with E-state index in [9.17, 15) is 4.79 Å². The van der Waals surface area contributed by atoms with Gasteiger partial charge >= 0.3 is 0 Å². The van der Waals surface area contributed by atoms with E-state index in [1.807, 2.05) is 41.3 Å². The molecule has 1 atom stereocenters. The normalized spacial score (nSPS) is 17.7. The molecule has 0 radical (unpaired) electrons. The van der Waals surface area contributed by atoms with E-state index in [0.29, 0.717) is 18.9 Å². The fourth-order valence-corrected chi connectivity index (χ4v) is 3.35. The zero-order valence-corrected chi connectivity index (χ0v) is 13.4. The lowest BCUT2D eigenvalue weighted by Crippen LogP contribution is -2.31. The maximum Gasteiger partial charge on any atom is 0.223 e. The quantitative estimate of drug-likeness (QED) is 0.923. The van der Waals surface area contributed by atoms with Crippen molar-refractivity contribution in [2.45, 2.75) is 18.8 Å². The maximum absolute atomic E-state index is 12.7. The molecule has 2 aromatic carbocycles. The van der Waals surface area contributed by atoms with Crippen LogP contribution in [0.5, 0.6) is 0 Å². The van der Waals surface area contributed by atoms with Crippen molar-refractivity contribution in [3.05, 3.63) is 71.8 Å². The Kier molecular flexibility index (Phi) is 5.09. The molecule has 0 saturated carbocycles.